The number of carboxylic acid groups (broad SMARTS) is 1. The summed E-state index contributed by atoms with van der Waals surface area (Å²) in [6, 6.07) is 18.3. The second-order valence-corrected chi connectivity index (χ2v) is 8.59. The van der Waals surface area contributed by atoms with Crippen molar-refractivity contribution in [1.29, 1.82) is 0 Å². The molecule has 1 amide bonds. The molecule has 4 rings (SSSR count). The Morgan fingerprint density at radius 2 is 1.85 bits per heavy atom. The Hall–Kier alpha value is -3.91. The van der Waals surface area contributed by atoms with E-state index in [9.17, 15) is 19.1 Å². The van der Waals surface area contributed by atoms with Crippen molar-refractivity contribution in [2.75, 3.05) is 7.05 Å². The van der Waals surface area contributed by atoms with E-state index < -0.39 is 5.97 Å². The molecule has 1 N–H and O–H groups in total. The first kappa shape index (κ1) is 23.3. The summed E-state index contributed by atoms with van der Waals surface area (Å²) in [7, 11) is 1.63. The van der Waals surface area contributed by atoms with Gasteiger partial charge in [-0.2, -0.15) is 0 Å². The highest BCUT2D eigenvalue weighted by atomic mass is 32.2. The van der Waals surface area contributed by atoms with Crippen LogP contribution in [-0.2, 0) is 11.4 Å². The van der Waals surface area contributed by atoms with Crippen LogP contribution in [0.2, 0.25) is 0 Å². The normalized spacial score (nSPS) is 15.9. The van der Waals surface area contributed by atoms with Crippen LogP contribution in [0.15, 0.2) is 76.6 Å². The molecule has 0 radical (unpaired) electrons. The van der Waals surface area contributed by atoms with Crippen LogP contribution in [-0.4, -0.2) is 34.1 Å². The number of carbonyl (C=O) groups excluding carboxylic acids is 1. The summed E-state index contributed by atoms with van der Waals surface area (Å²) in [4.78, 5) is 30.7. The van der Waals surface area contributed by atoms with Crippen molar-refractivity contribution in [2.45, 2.75) is 13.5 Å². The van der Waals surface area contributed by atoms with E-state index in [4.69, 9.17) is 4.74 Å². The Bertz CT molecular complexity index is 1320. The van der Waals surface area contributed by atoms with Gasteiger partial charge in [-0.1, -0.05) is 36.4 Å². The molecule has 1 heterocycles. The van der Waals surface area contributed by atoms with Crippen molar-refractivity contribution in [3.8, 4) is 5.75 Å². The highest BCUT2D eigenvalue weighted by Crippen LogP contribution is 2.35. The summed E-state index contributed by atoms with van der Waals surface area (Å²) < 4.78 is 19.1. The largest absolute Gasteiger partial charge is 0.488 e. The minimum Gasteiger partial charge on any atom is -0.488 e. The van der Waals surface area contributed by atoms with Crippen LogP contribution in [0.4, 0.5) is 10.1 Å². The SMILES string of the molecule is Cc1c(N=C2S/C(=C\c3ccccc3OCc3ccc(F)cc3)C(=O)N2C)cccc1C(=O)O. The topological polar surface area (TPSA) is 79.2 Å². The lowest BCUT2D eigenvalue weighted by atomic mass is 10.1. The van der Waals surface area contributed by atoms with Gasteiger partial charge in [-0.25, -0.2) is 14.2 Å². The van der Waals surface area contributed by atoms with Crippen molar-refractivity contribution in [3.05, 3.63) is 99.7 Å². The first-order valence-electron chi connectivity index (χ1n) is 10.4. The number of rotatable bonds is 6. The molecule has 0 atom stereocenters. The predicted molar refractivity (Wildman–Crippen MR) is 131 cm³/mol. The van der Waals surface area contributed by atoms with Gasteiger partial charge in [-0.3, -0.25) is 9.69 Å². The molecule has 6 nitrogen and oxygen atoms in total. The van der Waals surface area contributed by atoms with E-state index >= 15 is 0 Å². The number of para-hydroxylation sites is 1. The summed E-state index contributed by atoms with van der Waals surface area (Å²) in [6.07, 6.45) is 1.74. The zero-order valence-electron chi connectivity index (χ0n) is 18.5. The molecule has 0 aromatic heterocycles. The fraction of sp³-hybridized carbons (Fsp3) is 0.115. The molecule has 172 valence electrons. The number of aromatic carboxylic acids is 1. The van der Waals surface area contributed by atoms with Crippen LogP contribution < -0.4 is 4.74 Å². The Morgan fingerprint density at radius 3 is 2.59 bits per heavy atom. The van der Waals surface area contributed by atoms with Crippen molar-refractivity contribution in [2.24, 2.45) is 4.99 Å². The number of aliphatic imine (C=N–C) groups is 1. The zero-order valence-corrected chi connectivity index (χ0v) is 19.3. The molecule has 0 aliphatic carbocycles. The van der Waals surface area contributed by atoms with Gasteiger partial charge in [0.25, 0.3) is 5.91 Å². The lowest BCUT2D eigenvalue weighted by Gasteiger charge is -2.10. The summed E-state index contributed by atoms with van der Waals surface area (Å²) in [5.41, 5.74) is 2.73. The number of nitrogens with zero attached hydrogens (tertiary/aromatic N) is 2. The third-order valence-corrected chi connectivity index (χ3v) is 6.33. The number of amides is 1. The first-order valence-corrected chi connectivity index (χ1v) is 11.2. The fourth-order valence-electron chi connectivity index (χ4n) is 3.35. The van der Waals surface area contributed by atoms with Gasteiger partial charge < -0.3 is 9.84 Å². The number of likely N-dealkylation sites (N-methyl/N-ethyl adjacent to an activating group) is 1. The van der Waals surface area contributed by atoms with E-state index in [1.54, 1.807) is 50.4 Å². The highest BCUT2D eigenvalue weighted by Gasteiger charge is 2.31. The van der Waals surface area contributed by atoms with E-state index in [2.05, 4.69) is 4.99 Å². The second kappa shape index (κ2) is 9.93. The third-order valence-electron chi connectivity index (χ3n) is 5.27. The molecular weight excluding hydrogens is 455 g/mol. The number of benzene rings is 3. The number of ether oxygens (including phenoxy) is 1. The van der Waals surface area contributed by atoms with E-state index in [-0.39, 0.29) is 23.9 Å². The standard InChI is InChI=1S/C26H21FN2O4S/c1-16-20(25(31)32)7-5-8-21(16)28-26-29(2)24(30)23(34-26)14-18-6-3-4-9-22(18)33-15-17-10-12-19(27)13-11-17/h3-14H,15H2,1-2H3,(H,31,32)/b23-14-,28-26?. The average molecular weight is 477 g/mol. The maximum Gasteiger partial charge on any atom is 0.336 e. The number of thioether (sulfide) groups is 1. The lowest BCUT2D eigenvalue weighted by molar-refractivity contribution is -0.121. The molecule has 3 aromatic rings. The Morgan fingerprint density at radius 1 is 1.12 bits per heavy atom. The predicted octanol–water partition coefficient (Wildman–Crippen LogP) is 5.65. The van der Waals surface area contributed by atoms with Gasteiger partial charge >= 0.3 is 5.97 Å². The number of hydrogen-bond donors (Lipinski definition) is 1. The van der Waals surface area contributed by atoms with E-state index in [0.29, 0.717) is 27.1 Å². The molecule has 34 heavy (non-hydrogen) atoms. The molecule has 1 aliphatic rings. The maximum atomic E-state index is 13.1. The van der Waals surface area contributed by atoms with Crippen LogP contribution in [0.3, 0.4) is 0 Å². The fourth-order valence-corrected chi connectivity index (χ4v) is 4.32. The van der Waals surface area contributed by atoms with Gasteiger partial charge in [0.1, 0.15) is 18.2 Å². The highest BCUT2D eigenvalue weighted by molar-refractivity contribution is 8.18. The number of amidine groups is 1. The van der Waals surface area contributed by atoms with Gasteiger partial charge in [-0.15, -0.1) is 0 Å². The zero-order chi connectivity index (χ0) is 24.2. The van der Waals surface area contributed by atoms with E-state index in [0.717, 1.165) is 11.1 Å². The molecule has 0 spiro atoms. The molecular formula is C26H21FN2O4S. The van der Waals surface area contributed by atoms with E-state index in [1.165, 1.54) is 34.9 Å². The molecule has 0 saturated carbocycles. The van der Waals surface area contributed by atoms with Gasteiger partial charge in [-0.05, 0) is 66.2 Å². The van der Waals surface area contributed by atoms with Crippen molar-refractivity contribution in [3.63, 3.8) is 0 Å². The molecule has 1 saturated heterocycles. The Kier molecular flexibility index (Phi) is 6.79. The third kappa shape index (κ3) is 5.02. The Balaban J connectivity index is 1.58. The quantitative estimate of drug-likeness (QED) is 0.466. The van der Waals surface area contributed by atoms with Gasteiger partial charge in [0, 0.05) is 12.6 Å². The Labute approximate surface area is 200 Å². The average Bonchev–Trinajstić information content (AvgIpc) is 3.08. The molecule has 3 aromatic carbocycles. The molecule has 1 aliphatic heterocycles. The van der Waals surface area contributed by atoms with E-state index in [1.807, 2.05) is 18.2 Å². The minimum atomic E-state index is -1.03. The molecule has 0 unspecified atom stereocenters. The number of carboxylic acids is 1. The molecule has 0 bridgehead atoms. The lowest BCUT2D eigenvalue weighted by Crippen LogP contribution is -2.23. The van der Waals surface area contributed by atoms with Crippen LogP contribution in [0.5, 0.6) is 5.75 Å². The minimum absolute atomic E-state index is 0.168. The molecule has 1 fully saturated rings. The number of hydrogen-bond acceptors (Lipinski definition) is 5. The summed E-state index contributed by atoms with van der Waals surface area (Å²) in [5, 5.41) is 9.80. The van der Waals surface area contributed by atoms with Crippen molar-refractivity contribution >= 4 is 40.6 Å². The van der Waals surface area contributed by atoms with Gasteiger partial charge in [0.15, 0.2) is 5.17 Å². The maximum absolute atomic E-state index is 13.1. The second-order valence-electron chi connectivity index (χ2n) is 7.58. The van der Waals surface area contributed by atoms with Crippen LogP contribution in [0.1, 0.15) is 27.0 Å². The van der Waals surface area contributed by atoms with Gasteiger partial charge in [0.2, 0.25) is 0 Å². The van der Waals surface area contributed by atoms with Gasteiger partial charge in [0.05, 0.1) is 16.2 Å². The number of halogens is 1. The van der Waals surface area contributed by atoms with Crippen LogP contribution in [0.25, 0.3) is 6.08 Å². The van der Waals surface area contributed by atoms with Crippen molar-refractivity contribution in [1.82, 2.24) is 4.90 Å². The van der Waals surface area contributed by atoms with Crippen LogP contribution in [0, 0.1) is 12.7 Å². The first-order chi connectivity index (χ1) is 16.3. The monoisotopic (exact) mass is 476 g/mol. The number of carbonyl (C=O) groups is 2. The summed E-state index contributed by atoms with van der Waals surface area (Å²) in [5.74, 6) is -0.965. The van der Waals surface area contributed by atoms with Crippen molar-refractivity contribution < 1.29 is 23.8 Å². The molecule has 8 heteroatoms. The summed E-state index contributed by atoms with van der Waals surface area (Å²) in [6.45, 7) is 1.95. The smallest absolute Gasteiger partial charge is 0.336 e. The van der Waals surface area contributed by atoms with Crippen LogP contribution >= 0.6 is 11.8 Å². The summed E-state index contributed by atoms with van der Waals surface area (Å²) >= 11 is 1.21.